The Morgan fingerprint density at radius 2 is 2.00 bits per heavy atom. The molecule has 0 fully saturated rings. The second-order valence-electron chi connectivity index (χ2n) is 2.04. The van der Waals surface area contributed by atoms with E-state index in [1.807, 2.05) is 6.92 Å². The SMILES string of the molecule is CC=CC[CH]C(C)=CC. The van der Waals surface area contributed by atoms with Gasteiger partial charge in [0.25, 0.3) is 0 Å². The van der Waals surface area contributed by atoms with Crippen LogP contribution in [0.4, 0.5) is 0 Å². The molecule has 0 rings (SSSR count). The number of hydrogen-bond donors (Lipinski definition) is 0. The molecule has 0 spiro atoms. The van der Waals surface area contributed by atoms with Gasteiger partial charge in [0.1, 0.15) is 0 Å². The van der Waals surface area contributed by atoms with Crippen molar-refractivity contribution in [3.05, 3.63) is 30.2 Å². The van der Waals surface area contributed by atoms with Crippen LogP contribution in [-0.4, -0.2) is 0 Å². The first-order valence-corrected chi connectivity index (χ1v) is 3.38. The lowest BCUT2D eigenvalue weighted by Gasteiger charge is -1.92. The van der Waals surface area contributed by atoms with Gasteiger partial charge in [-0.2, -0.15) is 0 Å². The minimum Gasteiger partial charge on any atom is -0.0916 e. The summed E-state index contributed by atoms with van der Waals surface area (Å²) in [6, 6.07) is 0. The first-order chi connectivity index (χ1) is 4.31. The Bertz CT molecular complexity index is 107. The fourth-order valence-electron chi connectivity index (χ4n) is 0.508. The van der Waals surface area contributed by atoms with Crippen LogP contribution in [0.2, 0.25) is 0 Å². The molecule has 0 atom stereocenters. The summed E-state index contributed by atoms with van der Waals surface area (Å²) in [5.41, 5.74) is 1.35. The molecule has 0 amide bonds. The van der Waals surface area contributed by atoms with Gasteiger partial charge < -0.3 is 0 Å². The van der Waals surface area contributed by atoms with Crippen LogP contribution in [0.1, 0.15) is 27.2 Å². The van der Waals surface area contributed by atoms with E-state index in [0.29, 0.717) is 0 Å². The third-order valence-electron chi connectivity index (χ3n) is 1.27. The fraction of sp³-hybridized carbons (Fsp3) is 0.444. The number of rotatable bonds is 3. The molecule has 0 saturated carbocycles. The Kier molecular flexibility index (Phi) is 5.29. The summed E-state index contributed by atoms with van der Waals surface area (Å²) in [7, 11) is 0. The van der Waals surface area contributed by atoms with Gasteiger partial charge in [0.2, 0.25) is 0 Å². The van der Waals surface area contributed by atoms with Crippen molar-refractivity contribution in [2.45, 2.75) is 27.2 Å². The predicted molar refractivity (Wildman–Crippen MR) is 43.2 cm³/mol. The number of allylic oxidation sites excluding steroid dienone is 4. The van der Waals surface area contributed by atoms with E-state index in [4.69, 9.17) is 0 Å². The molecule has 1 radical (unpaired) electrons. The summed E-state index contributed by atoms with van der Waals surface area (Å²) in [6.45, 7) is 6.21. The summed E-state index contributed by atoms with van der Waals surface area (Å²) in [5.74, 6) is 0. The van der Waals surface area contributed by atoms with Gasteiger partial charge in [-0.05, 0) is 33.6 Å². The highest BCUT2D eigenvalue weighted by Gasteiger charge is 1.83. The second-order valence-corrected chi connectivity index (χ2v) is 2.04. The van der Waals surface area contributed by atoms with Gasteiger partial charge in [0, 0.05) is 0 Å². The van der Waals surface area contributed by atoms with Crippen molar-refractivity contribution < 1.29 is 0 Å². The molecular weight excluding hydrogens is 108 g/mol. The lowest BCUT2D eigenvalue weighted by molar-refractivity contribution is 1.20. The monoisotopic (exact) mass is 123 g/mol. The molecule has 0 aromatic carbocycles. The summed E-state index contributed by atoms with van der Waals surface area (Å²) >= 11 is 0. The smallest absolute Gasteiger partial charge is 0.0103 e. The zero-order valence-electron chi connectivity index (χ0n) is 6.52. The summed E-state index contributed by atoms with van der Waals surface area (Å²) in [4.78, 5) is 0. The first kappa shape index (κ1) is 8.48. The van der Waals surface area contributed by atoms with Crippen molar-refractivity contribution in [2.24, 2.45) is 0 Å². The minimum absolute atomic E-state index is 1.06. The average Bonchev–Trinajstić information content (AvgIpc) is 1.89. The van der Waals surface area contributed by atoms with E-state index in [2.05, 4.69) is 38.5 Å². The van der Waals surface area contributed by atoms with Gasteiger partial charge in [-0.3, -0.25) is 0 Å². The van der Waals surface area contributed by atoms with Gasteiger partial charge in [-0.15, -0.1) is 0 Å². The lowest BCUT2D eigenvalue weighted by atomic mass is 10.1. The van der Waals surface area contributed by atoms with Crippen molar-refractivity contribution in [3.63, 3.8) is 0 Å². The highest BCUT2D eigenvalue weighted by Crippen LogP contribution is 2.01. The molecule has 0 aliphatic rings. The fourth-order valence-corrected chi connectivity index (χ4v) is 0.508. The molecular formula is C9H15. The molecule has 0 aliphatic heterocycles. The van der Waals surface area contributed by atoms with Gasteiger partial charge in [0.05, 0.1) is 0 Å². The van der Waals surface area contributed by atoms with Gasteiger partial charge >= 0.3 is 0 Å². The first-order valence-electron chi connectivity index (χ1n) is 3.38. The van der Waals surface area contributed by atoms with Crippen molar-refractivity contribution in [2.75, 3.05) is 0 Å². The Morgan fingerprint density at radius 1 is 1.33 bits per heavy atom. The molecule has 0 saturated heterocycles. The maximum atomic E-state index is 2.21. The molecule has 0 N–H and O–H groups in total. The second kappa shape index (κ2) is 5.61. The molecule has 0 nitrogen and oxygen atoms in total. The lowest BCUT2D eigenvalue weighted by Crippen LogP contribution is -1.74. The van der Waals surface area contributed by atoms with Crippen molar-refractivity contribution in [3.8, 4) is 0 Å². The molecule has 0 bridgehead atoms. The molecule has 0 aromatic heterocycles. The highest BCUT2D eigenvalue weighted by molar-refractivity contribution is 5.10. The van der Waals surface area contributed by atoms with E-state index < -0.39 is 0 Å². The Morgan fingerprint density at radius 3 is 2.44 bits per heavy atom. The topological polar surface area (TPSA) is 0 Å². The molecule has 9 heavy (non-hydrogen) atoms. The van der Waals surface area contributed by atoms with E-state index >= 15 is 0 Å². The van der Waals surface area contributed by atoms with E-state index in [1.165, 1.54) is 5.57 Å². The molecule has 0 aliphatic carbocycles. The van der Waals surface area contributed by atoms with E-state index in [0.717, 1.165) is 6.42 Å². The van der Waals surface area contributed by atoms with Crippen molar-refractivity contribution in [1.82, 2.24) is 0 Å². The van der Waals surface area contributed by atoms with Gasteiger partial charge in [-0.1, -0.05) is 23.8 Å². The minimum atomic E-state index is 1.06. The Balaban J connectivity index is 3.28. The van der Waals surface area contributed by atoms with Crippen LogP contribution in [0.3, 0.4) is 0 Å². The molecule has 0 aromatic rings. The maximum absolute atomic E-state index is 2.21. The van der Waals surface area contributed by atoms with Crippen LogP contribution < -0.4 is 0 Å². The molecule has 51 valence electrons. The van der Waals surface area contributed by atoms with Crippen LogP contribution in [0.15, 0.2) is 23.8 Å². The quantitative estimate of drug-likeness (QED) is 0.506. The van der Waals surface area contributed by atoms with Crippen LogP contribution in [0, 0.1) is 6.42 Å². The zero-order chi connectivity index (χ0) is 7.11. The molecule has 0 heteroatoms. The average molecular weight is 123 g/mol. The predicted octanol–water partition coefficient (Wildman–Crippen LogP) is 3.12. The van der Waals surface area contributed by atoms with E-state index in [-0.39, 0.29) is 0 Å². The van der Waals surface area contributed by atoms with Crippen molar-refractivity contribution in [1.29, 1.82) is 0 Å². The van der Waals surface area contributed by atoms with Crippen LogP contribution in [0.5, 0.6) is 0 Å². The van der Waals surface area contributed by atoms with Crippen LogP contribution in [0.25, 0.3) is 0 Å². The molecule has 0 heterocycles. The van der Waals surface area contributed by atoms with Gasteiger partial charge in [-0.25, -0.2) is 0 Å². The Hall–Kier alpha value is -0.520. The number of hydrogen-bond acceptors (Lipinski definition) is 0. The van der Waals surface area contributed by atoms with Gasteiger partial charge in [0.15, 0.2) is 0 Å². The maximum Gasteiger partial charge on any atom is -0.0103 e. The Labute approximate surface area is 58.3 Å². The third-order valence-corrected chi connectivity index (χ3v) is 1.27. The zero-order valence-corrected chi connectivity index (χ0v) is 6.52. The van der Waals surface area contributed by atoms with Crippen LogP contribution >= 0.6 is 0 Å². The van der Waals surface area contributed by atoms with Crippen LogP contribution in [-0.2, 0) is 0 Å². The molecule has 0 unspecified atom stereocenters. The highest BCUT2D eigenvalue weighted by atomic mass is 13.9. The standard InChI is InChI=1S/C9H15/c1-4-6-7-8-9(3)5-2/h4-6,8H,7H2,1-3H3. The summed E-state index contributed by atoms with van der Waals surface area (Å²) < 4.78 is 0. The normalized spacial score (nSPS) is 13.0. The van der Waals surface area contributed by atoms with E-state index in [9.17, 15) is 0 Å². The van der Waals surface area contributed by atoms with E-state index in [1.54, 1.807) is 0 Å². The third kappa shape index (κ3) is 5.35. The largest absolute Gasteiger partial charge is 0.0916 e. The summed E-state index contributed by atoms with van der Waals surface area (Å²) in [5, 5.41) is 0. The summed E-state index contributed by atoms with van der Waals surface area (Å²) in [6.07, 6.45) is 9.60. The van der Waals surface area contributed by atoms with Crippen molar-refractivity contribution >= 4 is 0 Å².